The topological polar surface area (TPSA) is 29.0 Å². The second-order valence-electron chi connectivity index (χ2n) is 3.91. The van der Waals surface area contributed by atoms with E-state index in [1.54, 1.807) is 0 Å². The first kappa shape index (κ1) is 11.2. The van der Waals surface area contributed by atoms with Crippen LogP contribution in [-0.4, -0.2) is 23.6 Å². The van der Waals surface area contributed by atoms with Crippen molar-refractivity contribution in [3.05, 3.63) is 17.0 Å². The van der Waals surface area contributed by atoms with Gasteiger partial charge in [-0.1, -0.05) is 13.8 Å². The number of rotatable bonds is 3. The second-order valence-corrected chi connectivity index (χ2v) is 4.25. The van der Waals surface area contributed by atoms with Crippen LogP contribution >= 0.6 is 11.6 Å². The van der Waals surface area contributed by atoms with Crippen molar-refractivity contribution in [3.63, 3.8) is 0 Å². The Morgan fingerprint density at radius 1 is 1.43 bits per heavy atom. The molecule has 0 saturated carbocycles. The number of aryl methyl sites for hydroxylation is 1. The normalized spacial score (nSPS) is 10.7. The molecule has 3 nitrogen and oxygen atoms in total. The van der Waals surface area contributed by atoms with Crippen molar-refractivity contribution in [1.82, 2.24) is 9.97 Å². The molecule has 78 valence electrons. The molecule has 0 fully saturated rings. The number of hydrogen-bond donors (Lipinski definition) is 0. The molecule has 0 amide bonds. The molecule has 0 N–H and O–H groups in total. The van der Waals surface area contributed by atoms with Crippen LogP contribution in [0.2, 0.25) is 5.28 Å². The molecule has 0 saturated heterocycles. The lowest BCUT2D eigenvalue weighted by Gasteiger charge is -2.20. The van der Waals surface area contributed by atoms with Crippen molar-refractivity contribution in [2.45, 2.75) is 20.8 Å². The molecule has 0 spiro atoms. The summed E-state index contributed by atoms with van der Waals surface area (Å²) in [7, 11) is 2.01. The molecule has 0 unspecified atom stereocenters. The van der Waals surface area contributed by atoms with Gasteiger partial charge in [0, 0.05) is 25.4 Å². The molecule has 0 radical (unpaired) electrons. The summed E-state index contributed by atoms with van der Waals surface area (Å²) >= 11 is 5.78. The van der Waals surface area contributed by atoms with Crippen molar-refractivity contribution in [2.24, 2.45) is 5.92 Å². The van der Waals surface area contributed by atoms with Gasteiger partial charge in [-0.25, -0.2) is 9.97 Å². The fourth-order valence-electron chi connectivity index (χ4n) is 1.35. The molecule has 0 aliphatic heterocycles. The highest BCUT2D eigenvalue weighted by Crippen LogP contribution is 2.14. The van der Waals surface area contributed by atoms with Crippen LogP contribution in [0.25, 0.3) is 0 Å². The molecule has 1 rings (SSSR count). The van der Waals surface area contributed by atoms with Gasteiger partial charge in [0.2, 0.25) is 5.28 Å². The van der Waals surface area contributed by atoms with E-state index < -0.39 is 0 Å². The van der Waals surface area contributed by atoms with E-state index in [9.17, 15) is 0 Å². The number of halogens is 1. The van der Waals surface area contributed by atoms with Crippen LogP contribution in [0, 0.1) is 12.8 Å². The molecule has 1 aromatic rings. The number of aromatic nitrogens is 2. The van der Waals surface area contributed by atoms with Gasteiger partial charge in [0.15, 0.2) is 0 Å². The molecule has 1 heterocycles. The Kier molecular flexibility index (Phi) is 3.69. The van der Waals surface area contributed by atoms with Gasteiger partial charge in [-0.2, -0.15) is 0 Å². The van der Waals surface area contributed by atoms with E-state index in [0.29, 0.717) is 11.2 Å². The van der Waals surface area contributed by atoms with Gasteiger partial charge in [-0.15, -0.1) is 0 Å². The summed E-state index contributed by atoms with van der Waals surface area (Å²) in [5.74, 6) is 1.49. The predicted octanol–water partition coefficient (Wildman–Crippen LogP) is 2.53. The lowest BCUT2D eigenvalue weighted by Crippen LogP contribution is -2.23. The smallest absolute Gasteiger partial charge is 0.224 e. The average Bonchev–Trinajstić information content (AvgIpc) is 2.00. The van der Waals surface area contributed by atoms with Crippen molar-refractivity contribution in [2.75, 3.05) is 18.5 Å². The maximum Gasteiger partial charge on any atom is 0.224 e. The van der Waals surface area contributed by atoms with E-state index in [1.165, 1.54) is 0 Å². The minimum Gasteiger partial charge on any atom is -0.359 e. The van der Waals surface area contributed by atoms with E-state index in [2.05, 4.69) is 28.7 Å². The summed E-state index contributed by atoms with van der Waals surface area (Å²) in [5.41, 5.74) is 0.899. The highest BCUT2D eigenvalue weighted by atomic mass is 35.5. The van der Waals surface area contributed by atoms with Gasteiger partial charge in [0.05, 0.1) is 0 Å². The van der Waals surface area contributed by atoms with Crippen LogP contribution in [0.5, 0.6) is 0 Å². The van der Waals surface area contributed by atoms with Gasteiger partial charge in [-0.05, 0) is 24.4 Å². The Labute approximate surface area is 90.1 Å². The fourth-order valence-corrected chi connectivity index (χ4v) is 1.57. The minimum atomic E-state index is 0.315. The second kappa shape index (κ2) is 4.60. The van der Waals surface area contributed by atoms with E-state index in [0.717, 1.165) is 18.1 Å². The highest BCUT2D eigenvalue weighted by molar-refractivity contribution is 6.28. The van der Waals surface area contributed by atoms with E-state index in [1.807, 2.05) is 20.0 Å². The zero-order chi connectivity index (χ0) is 10.7. The summed E-state index contributed by atoms with van der Waals surface area (Å²) in [6.45, 7) is 7.23. The van der Waals surface area contributed by atoms with Crippen LogP contribution in [0.15, 0.2) is 6.07 Å². The van der Waals surface area contributed by atoms with Gasteiger partial charge in [0.1, 0.15) is 5.82 Å². The van der Waals surface area contributed by atoms with Gasteiger partial charge in [0.25, 0.3) is 0 Å². The summed E-state index contributed by atoms with van der Waals surface area (Å²) in [4.78, 5) is 10.3. The predicted molar refractivity (Wildman–Crippen MR) is 59.9 cm³/mol. The summed E-state index contributed by atoms with van der Waals surface area (Å²) in [6.07, 6.45) is 0. The zero-order valence-electron chi connectivity index (χ0n) is 9.08. The largest absolute Gasteiger partial charge is 0.359 e. The van der Waals surface area contributed by atoms with E-state index in [-0.39, 0.29) is 0 Å². The molecule has 0 aromatic carbocycles. The van der Waals surface area contributed by atoms with Gasteiger partial charge >= 0.3 is 0 Å². The maximum absolute atomic E-state index is 5.78. The van der Waals surface area contributed by atoms with Crippen molar-refractivity contribution in [1.29, 1.82) is 0 Å². The van der Waals surface area contributed by atoms with E-state index >= 15 is 0 Å². The van der Waals surface area contributed by atoms with Gasteiger partial charge < -0.3 is 4.90 Å². The molecular weight excluding hydrogens is 198 g/mol. The van der Waals surface area contributed by atoms with Crippen LogP contribution in [-0.2, 0) is 0 Å². The third-order valence-electron chi connectivity index (χ3n) is 1.84. The standard InChI is InChI=1S/C10H16ClN3/c1-7(2)6-14(4)9-5-8(3)12-10(11)13-9/h5,7H,6H2,1-4H3. The monoisotopic (exact) mass is 213 g/mol. The molecule has 14 heavy (non-hydrogen) atoms. The van der Waals surface area contributed by atoms with Crippen molar-refractivity contribution < 1.29 is 0 Å². The summed E-state index contributed by atoms with van der Waals surface area (Å²) in [6, 6.07) is 1.94. The molecule has 0 aliphatic carbocycles. The van der Waals surface area contributed by atoms with Crippen LogP contribution in [0.1, 0.15) is 19.5 Å². The molecule has 1 aromatic heterocycles. The Hall–Kier alpha value is -0.830. The Morgan fingerprint density at radius 2 is 2.07 bits per heavy atom. The third-order valence-corrected chi connectivity index (χ3v) is 2.01. The molecule has 4 heteroatoms. The summed E-state index contributed by atoms with van der Waals surface area (Å²) in [5, 5.41) is 0.315. The molecule has 0 aliphatic rings. The van der Waals surface area contributed by atoms with Gasteiger partial charge in [-0.3, -0.25) is 0 Å². The van der Waals surface area contributed by atoms with E-state index in [4.69, 9.17) is 11.6 Å². The highest BCUT2D eigenvalue weighted by Gasteiger charge is 2.06. The molecular formula is C10H16ClN3. The maximum atomic E-state index is 5.78. The number of hydrogen-bond acceptors (Lipinski definition) is 3. The average molecular weight is 214 g/mol. The fraction of sp³-hybridized carbons (Fsp3) is 0.600. The van der Waals surface area contributed by atoms with Crippen molar-refractivity contribution >= 4 is 17.4 Å². The Bertz CT molecular complexity index is 292. The summed E-state index contributed by atoms with van der Waals surface area (Å²) < 4.78 is 0. The Morgan fingerprint density at radius 3 is 2.57 bits per heavy atom. The van der Waals surface area contributed by atoms with Crippen LogP contribution in [0.3, 0.4) is 0 Å². The Balaban J connectivity index is 2.84. The van der Waals surface area contributed by atoms with Crippen molar-refractivity contribution in [3.8, 4) is 0 Å². The minimum absolute atomic E-state index is 0.315. The lowest BCUT2D eigenvalue weighted by atomic mass is 10.2. The first-order chi connectivity index (χ1) is 6.49. The number of anilines is 1. The first-order valence-corrected chi connectivity index (χ1v) is 5.09. The quantitative estimate of drug-likeness (QED) is 0.723. The van der Waals surface area contributed by atoms with Crippen LogP contribution in [0.4, 0.5) is 5.82 Å². The lowest BCUT2D eigenvalue weighted by molar-refractivity contribution is 0.634. The number of nitrogens with zero attached hydrogens (tertiary/aromatic N) is 3. The first-order valence-electron chi connectivity index (χ1n) is 4.71. The molecule has 0 atom stereocenters. The SMILES string of the molecule is Cc1cc(N(C)CC(C)C)nc(Cl)n1. The zero-order valence-corrected chi connectivity index (χ0v) is 9.84. The third kappa shape index (κ3) is 3.14. The molecule has 0 bridgehead atoms. The van der Waals surface area contributed by atoms with Crippen LogP contribution < -0.4 is 4.90 Å².